The highest BCUT2D eigenvalue weighted by Gasteiger charge is 2.30. The summed E-state index contributed by atoms with van der Waals surface area (Å²) in [5.74, 6) is -1.16. The van der Waals surface area contributed by atoms with E-state index in [2.05, 4.69) is 0 Å². The normalized spacial score (nSPS) is 14.3. The largest absolute Gasteiger partial charge is 0.448 e. The van der Waals surface area contributed by atoms with Crippen LogP contribution in [-0.2, 0) is 16.0 Å². The molecular formula is C20H16FNO3S. The van der Waals surface area contributed by atoms with Crippen molar-refractivity contribution in [2.75, 3.05) is 11.4 Å². The summed E-state index contributed by atoms with van der Waals surface area (Å²) >= 11 is 1.22. The van der Waals surface area contributed by atoms with Crippen molar-refractivity contribution in [3.05, 3.63) is 64.8 Å². The van der Waals surface area contributed by atoms with Crippen molar-refractivity contribution in [2.45, 2.75) is 19.4 Å². The molecular weight excluding hydrogens is 353 g/mol. The number of hydrogen-bond donors (Lipinski definition) is 0. The van der Waals surface area contributed by atoms with E-state index in [0.717, 1.165) is 22.4 Å². The molecule has 0 unspecified atom stereocenters. The highest BCUT2D eigenvalue weighted by atomic mass is 32.1. The van der Waals surface area contributed by atoms with Gasteiger partial charge in [-0.1, -0.05) is 18.2 Å². The lowest BCUT2D eigenvalue weighted by atomic mass is 10.2. The second-order valence-corrected chi connectivity index (χ2v) is 7.29. The highest BCUT2D eigenvalue weighted by Crippen LogP contribution is 2.29. The number of anilines is 1. The van der Waals surface area contributed by atoms with Gasteiger partial charge in [-0.05, 0) is 54.6 Å². The van der Waals surface area contributed by atoms with Gasteiger partial charge in [-0.2, -0.15) is 0 Å². The summed E-state index contributed by atoms with van der Waals surface area (Å²) in [4.78, 5) is 27.1. The zero-order valence-corrected chi connectivity index (χ0v) is 14.9. The van der Waals surface area contributed by atoms with Crippen LogP contribution in [0.2, 0.25) is 0 Å². The average molecular weight is 369 g/mol. The molecule has 2 heterocycles. The molecule has 0 aliphatic carbocycles. The van der Waals surface area contributed by atoms with Crippen LogP contribution in [0.5, 0.6) is 0 Å². The lowest BCUT2D eigenvalue weighted by Gasteiger charge is -2.21. The maximum absolute atomic E-state index is 13.3. The molecule has 1 aliphatic rings. The maximum atomic E-state index is 13.3. The molecule has 4 nitrogen and oxygen atoms in total. The van der Waals surface area contributed by atoms with E-state index < -0.39 is 12.1 Å². The first-order chi connectivity index (χ1) is 12.5. The Hall–Kier alpha value is -2.73. The minimum absolute atomic E-state index is 0.240. The Morgan fingerprint density at radius 1 is 1.19 bits per heavy atom. The van der Waals surface area contributed by atoms with Gasteiger partial charge in [0.05, 0.1) is 0 Å². The van der Waals surface area contributed by atoms with Gasteiger partial charge < -0.3 is 9.64 Å². The highest BCUT2D eigenvalue weighted by molar-refractivity contribution is 7.20. The monoisotopic (exact) mass is 369 g/mol. The number of nitrogens with zero attached hydrogens (tertiary/aromatic N) is 1. The number of halogens is 1. The first-order valence-electron chi connectivity index (χ1n) is 8.32. The van der Waals surface area contributed by atoms with Gasteiger partial charge in [-0.25, -0.2) is 9.18 Å². The summed E-state index contributed by atoms with van der Waals surface area (Å²) in [5.41, 5.74) is 1.99. The van der Waals surface area contributed by atoms with Gasteiger partial charge in [0.25, 0.3) is 5.91 Å². The third kappa shape index (κ3) is 2.97. The maximum Gasteiger partial charge on any atom is 0.349 e. The number of benzene rings is 2. The van der Waals surface area contributed by atoms with Crippen LogP contribution in [0.1, 0.15) is 22.2 Å². The first-order valence-corrected chi connectivity index (χ1v) is 9.14. The standard InChI is InChI=1S/C20H16FNO3S/c1-12(19(23)22-9-8-13-4-2-3-5-16(13)22)25-20(24)18-11-14-10-15(21)6-7-17(14)26-18/h2-7,10-12H,8-9H2,1H3/t12-/m1/s1. The van der Waals surface area contributed by atoms with Crippen LogP contribution in [0.3, 0.4) is 0 Å². The number of fused-ring (bicyclic) bond motifs is 2. The van der Waals surface area contributed by atoms with E-state index in [-0.39, 0.29) is 11.7 Å². The minimum Gasteiger partial charge on any atom is -0.448 e. The smallest absolute Gasteiger partial charge is 0.349 e. The minimum atomic E-state index is -0.893. The van der Waals surface area contributed by atoms with Crippen LogP contribution in [-0.4, -0.2) is 24.5 Å². The zero-order chi connectivity index (χ0) is 18.3. The van der Waals surface area contributed by atoms with Crippen LogP contribution >= 0.6 is 11.3 Å². The number of hydrogen-bond acceptors (Lipinski definition) is 4. The van der Waals surface area contributed by atoms with Gasteiger partial charge in [0, 0.05) is 16.9 Å². The summed E-state index contributed by atoms with van der Waals surface area (Å²) in [6, 6.07) is 13.7. The van der Waals surface area contributed by atoms with Gasteiger partial charge in [0.15, 0.2) is 6.10 Å². The molecule has 3 aromatic rings. The Bertz CT molecular complexity index is 1010. The van der Waals surface area contributed by atoms with Crippen LogP contribution in [0.25, 0.3) is 10.1 Å². The molecule has 0 bridgehead atoms. The first kappa shape index (κ1) is 16.7. The molecule has 6 heteroatoms. The number of carbonyl (C=O) groups excluding carboxylic acids is 2. The fraction of sp³-hybridized carbons (Fsp3) is 0.200. The van der Waals surface area contributed by atoms with Gasteiger partial charge in [0.2, 0.25) is 0 Å². The van der Waals surface area contributed by atoms with Crippen LogP contribution in [0, 0.1) is 5.82 Å². The third-order valence-corrected chi connectivity index (χ3v) is 5.56. The Balaban J connectivity index is 1.49. The molecule has 1 atom stereocenters. The summed E-state index contributed by atoms with van der Waals surface area (Å²) < 4.78 is 19.5. The predicted molar refractivity (Wildman–Crippen MR) is 99.2 cm³/mol. The summed E-state index contributed by atoms with van der Waals surface area (Å²) in [5, 5.41) is 0.648. The van der Waals surface area contributed by atoms with E-state index in [1.54, 1.807) is 24.0 Å². The second-order valence-electron chi connectivity index (χ2n) is 6.21. The molecule has 0 saturated carbocycles. The van der Waals surface area contributed by atoms with Crippen molar-refractivity contribution in [1.82, 2.24) is 0 Å². The molecule has 0 radical (unpaired) electrons. The lowest BCUT2D eigenvalue weighted by Crippen LogP contribution is -2.39. The molecule has 1 amide bonds. The number of carbonyl (C=O) groups is 2. The average Bonchev–Trinajstić information content (AvgIpc) is 3.24. The van der Waals surface area contributed by atoms with E-state index >= 15 is 0 Å². The number of amides is 1. The van der Waals surface area contributed by atoms with Gasteiger partial charge in [-0.15, -0.1) is 11.3 Å². The Morgan fingerprint density at radius 3 is 2.85 bits per heavy atom. The van der Waals surface area contributed by atoms with Crippen molar-refractivity contribution in [3.63, 3.8) is 0 Å². The molecule has 0 spiro atoms. The molecule has 1 aromatic heterocycles. The molecule has 26 heavy (non-hydrogen) atoms. The zero-order valence-electron chi connectivity index (χ0n) is 14.1. The predicted octanol–water partition coefficient (Wildman–Crippen LogP) is 4.18. The fourth-order valence-corrected chi connectivity index (χ4v) is 4.10. The lowest BCUT2D eigenvalue weighted by molar-refractivity contribution is -0.126. The summed E-state index contributed by atoms with van der Waals surface area (Å²) in [7, 11) is 0. The second kappa shape index (κ2) is 6.53. The Kier molecular flexibility index (Phi) is 4.20. The quantitative estimate of drug-likeness (QED) is 0.651. The Labute approximate surface area is 153 Å². The molecule has 0 N–H and O–H groups in total. The Morgan fingerprint density at radius 2 is 2.00 bits per heavy atom. The van der Waals surface area contributed by atoms with Gasteiger partial charge in [-0.3, -0.25) is 4.79 Å². The van der Waals surface area contributed by atoms with Crippen molar-refractivity contribution in [1.29, 1.82) is 0 Å². The summed E-state index contributed by atoms with van der Waals surface area (Å²) in [6.07, 6.45) is -0.0969. The van der Waals surface area contributed by atoms with Gasteiger partial charge >= 0.3 is 5.97 Å². The molecule has 132 valence electrons. The number of esters is 1. The van der Waals surface area contributed by atoms with E-state index in [4.69, 9.17) is 4.74 Å². The van der Waals surface area contributed by atoms with E-state index in [1.165, 1.54) is 23.5 Å². The number of rotatable bonds is 3. The van der Waals surface area contributed by atoms with Crippen LogP contribution in [0.15, 0.2) is 48.5 Å². The number of para-hydroxylation sites is 1. The molecule has 2 aromatic carbocycles. The topological polar surface area (TPSA) is 46.6 Å². The fourth-order valence-electron chi connectivity index (χ4n) is 3.17. The van der Waals surface area contributed by atoms with E-state index in [9.17, 15) is 14.0 Å². The molecule has 0 fully saturated rings. The van der Waals surface area contributed by atoms with Crippen molar-refractivity contribution in [2.24, 2.45) is 0 Å². The summed E-state index contributed by atoms with van der Waals surface area (Å²) in [6.45, 7) is 2.16. The molecule has 0 saturated heterocycles. The molecule has 4 rings (SSSR count). The van der Waals surface area contributed by atoms with Crippen LogP contribution in [0.4, 0.5) is 10.1 Å². The third-order valence-electron chi connectivity index (χ3n) is 4.46. The van der Waals surface area contributed by atoms with Crippen molar-refractivity contribution in [3.8, 4) is 0 Å². The van der Waals surface area contributed by atoms with Crippen molar-refractivity contribution < 1.29 is 18.7 Å². The molecule has 1 aliphatic heterocycles. The number of ether oxygens (including phenoxy) is 1. The van der Waals surface area contributed by atoms with Gasteiger partial charge in [0.1, 0.15) is 10.7 Å². The van der Waals surface area contributed by atoms with E-state index in [0.29, 0.717) is 16.8 Å². The van der Waals surface area contributed by atoms with E-state index in [1.807, 2.05) is 24.3 Å². The SMILES string of the molecule is C[C@@H](OC(=O)c1cc2cc(F)ccc2s1)C(=O)N1CCc2ccccc21. The number of thiophene rings is 1. The van der Waals surface area contributed by atoms with Crippen LogP contribution < -0.4 is 4.90 Å². The van der Waals surface area contributed by atoms with Crippen molar-refractivity contribution >= 4 is 39.0 Å².